The summed E-state index contributed by atoms with van der Waals surface area (Å²) in [6, 6.07) is 2.47. The van der Waals surface area contributed by atoms with E-state index in [0.717, 1.165) is 5.92 Å². The maximum atomic E-state index is 6.22. The lowest BCUT2D eigenvalue weighted by Gasteiger charge is -2.26. The van der Waals surface area contributed by atoms with Crippen LogP contribution in [0, 0.1) is 5.92 Å². The summed E-state index contributed by atoms with van der Waals surface area (Å²) in [5, 5.41) is 4.32. The third kappa shape index (κ3) is 2.12. The molecule has 1 nitrogen and oxygen atoms in total. The Morgan fingerprint density at radius 1 is 1.31 bits per heavy atom. The Hall–Kier alpha value is -0.340. The average Bonchev–Trinajstić information content (AvgIpc) is 2.71. The molecule has 0 amide bonds. The molecule has 0 aromatic carbocycles. The van der Waals surface area contributed by atoms with Gasteiger partial charge in [0.05, 0.1) is 0 Å². The molecular formula is C11H17NS. The lowest BCUT2D eigenvalue weighted by molar-refractivity contribution is 0.308. The smallest absolute Gasteiger partial charge is 0.0331 e. The van der Waals surface area contributed by atoms with Gasteiger partial charge in [-0.2, -0.15) is 11.3 Å². The van der Waals surface area contributed by atoms with Gasteiger partial charge in [-0.3, -0.25) is 0 Å². The van der Waals surface area contributed by atoms with Gasteiger partial charge in [0.25, 0.3) is 0 Å². The average molecular weight is 195 g/mol. The van der Waals surface area contributed by atoms with Crippen LogP contribution in [0.4, 0.5) is 0 Å². The summed E-state index contributed by atoms with van der Waals surface area (Å²) in [5.74, 6) is 0.739. The van der Waals surface area contributed by atoms with Crippen LogP contribution in [0.2, 0.25) is 0 Å². The summed E-state index contributed by atoms with van der Waals surface area (Å²) < 4.78 is 0. The van der Waals surface area contributed by atoms with E-state index in [1.807, 2.05) is 0 Å². The number of hydrogen-bond donors (Lipinski definition) is 1. The van der Waals surface area contributed by atoms with Gasteiger partial charge in [-0.1, -0.05) is 19.3 Å². The van der Waals surface area contributed by atoms with E-state index in [1.165, 1.54) is 37.7 Å². The third-order valence-corrected chi connectivity index (χ3v) is 3.79. The van der Waals surface area contributed by atoms with E-state index in [2.05, 4.69) is 16.8 Å². The molecule has 0 saturated heterocycles. The van der Waals surface area contributed by atoms with Crippen LogP contribution in [0.3, 0.4) is 0 Å². The summed E-state index contributed by atoms with van der Waals surface area (Å²) in [6.07, 6.45) is 6.83. The van der Waals surface area contributed by atoms with E-state index in [9.17, 15) is 0 Å². The Kier molecular flexibility index (Phi) is 3.01. The van der Waals surface area contributed by atoms with Crippen LogP contribution in [0.5, 0.6) is 0 Å². The molecular weight excluding hydrogens is 178 g/mol. The maximum Gasteiger partial charge on any atom is 0.0331 e. The summed E-state index contributed by atoms with van der Waals surface area (Å²) in [5.41, 5.74) is 7.57. The molecule has 1 fully saturated rings. The molecule has 0 spiro atoms. The first-order valence-corrected chi connectivity index (χ1v) is 6.10. The molecule has 1 atom stereocenters. The highest BCUT2D eigenvalue weighted by molar-refractivity contribution is 7.07. The topological polar surface area (TPSA) is 26.0 Å². The Bertz CT molecular complexity index is 237. The zero-order chi connectivity index (χ0) is 9.10. The molecule has 1 aromatic heterocycles. The van der Waals surface area contributed by atoms with Crippen molar-refractivity contribution in [3.8, 4) is 0 Å². The summed E-state index contributed by atoms with van der Waals surface area (Å²) >= 11 is 1.75. The SMILES string of the molecule is NC(c1ccsc1)C1CCCCC1. The van der Waals surface area contributed by atoms with E-state index in [-0.39, 0.29) is 0 Å². The minimum absolute atomic E-state index is 0.298. The highest BCUT2D eigenvalue weighted by atomic mass is 32.1. The van der Waals surface area contributed by atoms with Crippen molar-refractivity contribution in [2.45, 2.75) is 38.1 Å². The second-order valence-electron chi connectivity index (χ2n) is 3.98. The molecule has 1 saturated carbocycles. The van der Waals surface area contributed by atoms with Crippen molar-refractivity contribution in [1.29, 1.82) is 0 Å². The van der Waals surface area contributed by atoms with E-state index in [0.29, 0.717) is 6.04 Å². The van der Waals surface area contributed by atoms with Crippen LogP contribution < -0.4 is 5.73 Å². The van der Waals surface area contributed by atoms with Gasteiger partial charge in [-0.05, 0) is 41.1 Å². The van der Waals surface area contributed by atoms with E-state index in [1.54, 1.807) is 11.3 Å². The van der Waals surface area contributed by atoms with Gasteiger partial charge < -0.3 is 5.73 Å². The van der Waals surface area contributed by atoms with Crippen molar-refractivity contribution in [2.75, 3.05) is 0 Å². The predicted octanol–water partition coefficient (Wildman–Crippen LogP) is 3.33. The highest BCUT2D eigenvalue weighted by Crippen LogP contribution is 2.33. The molecule has 2 N–H and O–H groups in total. The van der Waals surface area contributed by atoms with Crippen LogP contribution in [0.15, 0.2) is 16.8 Å². The highest BCUT2D eigenvalue weighted by Gasteiger charge is 2.21. The van der Waals surface area contributed by atoms with Crippen LogP contribution in [-0.4, -0.2) is 0 Å². The van der Waals surface area contributed by atoms with Gasteiger partial charge >= 0.3 is 0 Å². The molecule has 0 bridgehead atoms. The van der Waals surface area contributed by atoms with Crippen LogP contribution in [0.1, 0.15) is 43.7 Å². The Morgan fingerprint density at radius 3 is 2.69 bits per heavy atom. The second-order valence-corrected chi connectivity index (χ2v) is 4.76. The van der Waals surface area contributed by atoms with Crippen molar-refractivity contribution in [3.05, 3.63) is 22.4 Å². The predicted molar refractivity (Wildman–Crippen MR) is 57.8 cm³/mol. The molecule has 1 aliphatic rings. The van der Waals surface area contributed by atoms with Gasteiger partial charge in [-0.15, -0.1) is 0 Å². The second kappa shape index (κ2) is 4.25. The minimum Gasteiger partial charge on any atom is -0.324 e. The largest absolute Gasteiger partial charge is 0.324 e. The van der Waals surface area contributed by atoms with Crippen LogP contribution in [-0.2, 0) is 0 Å². The fraction of sp³-hybridized carbons (Fsp3) is 0.636. The summed E-state index contributed by atoms with van der Waals surface area (Å²) in [4.78, 5) is 0. The summed E-state index contributed by atoms with van der Waals surface area (Å²) in [6.45, 7) is 0. The lowest BCUT2D eigenvalue weighted by Crippen LogP contribution is -2.22. The number of hydrogen-bond acceptors (Lipinski definition) is 2. The van der Waals surface area contributed by atoms with E-state index >= 15 is 0 Å². The zero-order valence-electron chi connectivity index (χ0n) is 7.91. The molecule has 1 aromatic rings. The normalized spacial score (nSPS) is 21.6. The zero-order valence-corrected chi connectivity index (χ0v) is 8.72. The standard InChI is InChI=1S/C11H17NS/c12-11(10-6-7-13-8-10)9-4-2-1-3-5-9/h6-9,11H,1-5,12H2. The minimum atomic E-state index is 0.298. The van der Waals surface area contributed by atoms with Crippen LogP contribution in [0.25, 0.3) is 0 Å². The monoisotopic (exact) mass is 195 g/mol. The molecule has 0 radical (unpaired) electrons. The van der Waals surface area contributed by atoms with Gasteiger partial charge in [0.15, 0.2) is 0 Å². The maximum absolute atomic E-state index is 6.22. The first-order valence-electron chi connectivity index (χ1n) is 5.15. The molecule has 2 heteroatoms. The third-order valence-electron chi connectivity index (χ3n) is 3.09. The summed E-state index contributed by atoms with van der Waals surface area (Å²) in [7, 11) is 0. The lowest BCUT2D eigenvalue weighted by atomic mass is 9.82. The van der Waals surface area contributed by atoms with Gasteiger partial charge in [0.2, 0.25) is 0 Å². The number of nitrogens with two attached hydrogens (primary N) is 1. The van der Waals surface area contributed by atoms with Gasteiger partial charge in [0, 0.05) is 6.04 Å². The first kappa shape index (κ1) is 9.22. The van der Waals surface area contributed by atoms with Crippen molar-refractivity contribution in [3.63, 3.8) is 0 Å². The fourth-order valence-electron chi connectivity index (χ4n) is 2.23. The molecule has 13 heavy (non-hydrogen) atoms. The van der Waals surface area contributed by atoms with E-state index in [4.69, 9.17) is 5.73 Å². The molecule has 1 unspecified atom stereocenters. The number of rotatable bonds is 2. The fourth-order valence-corrected chi connectivity index (χ4v) is 2.94. The van der Waals surface area contributed by atoms with Crippen LogP contribution >= 0.6 is 11.3 Å². The van der Waals surface area contributed by atoms with Gasteiger partial charge in [-0.25, -0.2) is 0 Å². The van der Waals surface area contributed by atoms with Crippen molar-refractivity contribution in [2.24, 2.45) is 11.7 Å². The molecule has 2 rings (SSSR count). The molecule has 1 heterocycles. The van der Waals surface area contributed by atoms with Crippen molar-refractivity contribution < 1.29 is 0 Å². The number of thiophene rings is 1. The first-order chi connectivity index (χ1) is 6.38. The Morgan fingerprint density at radius 2 is 2.08 bits per heavy atom. The molecule has 72 valence electrons. The quantitative estimate of drug-likeness (QED) is 0.769. The van der Waals surface area contributed by atoms with Gasteiger partial charge in [0.1, 0.15) is 0 Å². The van der Waals surface area contributed by atoms with E-state index < -0.39 is 0 Å². The van der Waals surface area contributed by atoms with Crippen molar-refractivity contribution >= 4 is 11.3 Å². The Balaban J connectivity index is 1.99. The molecule has 1 aliphatic carbocycles. The molecule has 0 aliphatic heterocycles. The van der Waals surface area contributed by atoms with Crippen molar-refractivity contribution in [1.82, 2.24) is 0 Å². The Labute approximate surface area is 84.0 Å².